The summed E-state index contributed by atoms with van der Waals surface area (Å²) >= 11 is 6.62. The molecule has 3 aromatic rings. The van der Waals surface area contributed by atoms with E-state index < -0.39 is 0 Å². The first-order valence-electron chi connectivity index (χ1n) is 9.24. The second-order valence-corrected chi connectivity index (χ2v) is 7.12. The van der Waals surface area contributed by atoms with Crippen LogP contribution in [0, 0.1) is 0 Å². The second-order valence-electron chi connectivity index (χ2n) is 6.76. The van der Waals surface area contributed by atoms with Crippen LogP contribution in [0.2, 0.25) is 5.15 Å². The Balaban J connectivity index is 1.66. The first kappa shape index (κ1) is 17.3. The van der Waals surface area contributed by atoms with E-state index in [1.807, 2.05) is 24.4 Å². The van der Waals surface area contributed by atoms with Gasteiger partial charge in [-0.3, -0.25) is 4.98 Å². The van der Waals surface area contributed by atoms with E-state index in [2.05, 4.69) is 38.4 Å². The molecule has 0 radical (unpaired) electrons. The van der Waals surface area contributed by atoms with Crippen LogP contribution in [-0.2, 0) is 13.1 Å². The van der Waals surface area contributed by atoms with Crippen molar-refractivity contribution < 1.29 is 0 Å². The molecular formula is C21H23ClN4. The number of anilines is 1. The van der Waals surface area contributed by atoms with Crippen molar-refractivity contribution in [1.29, 1.82) is 0 Å². The first-order valence-corrected chi connectivity index (χ1v) is 9.62. The highest BCUT2D eigenvalue weighted by Crippen LogP contribution is 2.35. The number of benzene rings is 1. The number of hydrogen-bond acceptors (Lipinski definition) is 4. The maximum Gasteiger partial charge on any atom is 0.136 e. The molecule has 0 atom stereocenters. The van der Waals surface area contributed by atoms with Crippen LogP contribution in [0.15, 0.2) is 48.8 Å². The molecule has 4 rings (SSSR count). The Hall–Kier alpha value is -2.17. The van der Waals surface area contributed by atoms with E-state index in [9.17, 15) is 0 Å². The minimum absolute atomic E-state index is 0.600. The SMILES string of the molecule is Clc1nc2ccccc2c(N2CCCCC2)c1CNCc1cccnc1. The summed E-state index contributed by atoms with van der Waals surface area (Å²) < 4.78 is 0. The summed E-state index contributed by atoms with van der Waals surface area (Å²) in [5, 5.41) is 5.30. The molecule has 1 aliphatic heterocycles. The third kappa shape index (κ3) is 3.67. The molecule has 134 valence electrons. The number of rotatable bonds is 5. The number of aromatic nitrogens is 2. The molecule has 0 saturated carbocycles. The number of nitrogens with one attached hydrogen (secondary N) is 1. The van der Waals surface area contributed by atoms with Crippen LogP contribution in [-0.4, -0.2) is 23.1 Å². The van der Waals surface area contributed by atoms with Crippen molar-refractivity contribution in [2.24, 2.45) is 0 Å². The van der Waals surface area contributed by atoms with Crippen molar-refractivity contribution in [2.45, 2.75) is 32.4 Å². The quantitative estimate of drug-likeness (QED) is 0.672. The predicted molar refractivity (Wildman–Crippen MR) is 108 cm³/mol. The average molecular weight is 367 g/mol. The summed E-state index contributed by atoms with van der Waals surface area (Å²) in [6, 6.07) is 12.3. The number of nitrogens with zero attached hydrogens (tertiary/aromatic N) is 3. The van der Waals surface area contributed by atoms with Gasteiger partial charge in [0.15, 0.2) is 0 Å². The molecule has 5 heteroatoms. The average Bonchev–Trinajstić information content (AvgIpc) is 2.70. The van der Waals surface area contributed by atoms with Gasteiger partial charge in [0.25, 0.3) is 0 Å². The van der Waals surface area contributed by atoms with Crippen molar-refractivity contribution >= 4 is 28.2 Å². The standard InChI is InChI=1S/C21H23ClN4/c22-21-18(15-24-14-16-7-6-10-23-13-16)20(26-11-4-1-5-12-26)17-8-2-3-9-19(17)25-21/h2-3,6-10,13,24H,1,4-5,11-12,14-15H2. The number of piperidine rings is 1. The molecule has 1 fully saturated rings. The molecule has 4 nitrogen and oxygen atoms in total. The van der Waals surface area contributed by atoms with Gasteiger partial charge in [-0.05, 0) is 37.0 Å². The van der Waals surface area contributed by atoms with Crippen LogP contribution >= 0.6 is 11.6 Å². The Morgan fingerprint density at radius 1 is 1.00 bits per heavy atom. The molecule has 26 heavy (non-hydrogen) atoms. The third-order valence-electron chi connectivity index (χ3n) is 4.94. The lowest BCUT2D eigenvalue weighted by Gasteiger charge is -2.32. The monoisotopic (exact) mass is 366 g/mol. The fraction of sp³-hybridized carbons (Fsp3) is 0.333. The molecule has 2 aromatic heterocycles. The molecule has 0 bridgehead atoms. The molecular weight excluding hydrogens is 344 g/mol. The van der Waals surface area contributed by atoms with E-state index in [1.54, 1.807) is 6.20 Å². The Kier molecular flexibility index (Phi) is 5.32. The minimum Gasteiger partial charge on any atom is -0.371 e. The van der Waals surface area contributed by atoms with Gasteiger partial charge < -0.3 is 10.2 Å². The van der Waals surface area contributed by atoms with Gasteiger partial charge in [0, 0.05) is 49.5 Å². The van der Waals surface area contributed by atoms with Gasteiger partial charge in [-0.2, -0.15) is 0 Å². The minimum atomic E-state index is 0.600. The van der Waals surface area contributed by atoms with Crippen LogP contribution in [0.1, 0.15) is 30.4 Å². The maximum atomic E-state index is 6.62. The zero-order chi connectivity index (χ0) is 17.8. The molecule has 0 unspecified atom stereocenters. The molecule has 1 aliphatic rings. The number of para-hydroxylation sites is 1. The van der Waals surface area contributed by atoms with Crippen molar-refractivity contribution in [2.75, 3.05) is 18.0 Å². The summed E-state index contributed by atoms with van der Waals surface area (Å²) in [7, 11) is 0. The zero-order valence-corrected chi connectivity index (χ0v) is 15.5. The highest BCUT2D eigenvalue weighted by Gasteiger charge is 2.20. The normalized spacial score (nSPS) is 14.7. The van der Waals surface area contributed by atoms with E-state index in [0.717, 1.165) is 36.3 Å². The maximum absolute atomic E-state index is 6.62. The highest BCUT2D eigenvalue weighted by atomic mass is 35.5. The summed E-state index contributed by atoms with van der Waals surface area (Å²) in [6.45, 7) is 3.62. The summed E-state index contributed by atoms with van der Waals surface area (Å²) in [5.74, 6) is 0. The van der Waals surface area contributed by atoms with E-state index in [-0.39, 0.29) is 0 Å². The Labute approximate surface area is 159 Å². The second kappa shape index (κ2) is 8.02. The van der Waals surface area contributed by atoms with Crippen LogP contribution in [0.25, 0.3) is 10.9 Å². The van der Waals surface area contributed by atoms with Crippen molar-refractivity contribution in [3.8, 4) is 0 Å². The fourth-order valence-electron chi connectivity index (χ4n) is 3.67. The highest BCUT2D eigenvalue weighted by molar-refractivity contribution is 6.31. The summed E-state index contributed by atoms with van der Waals surface area (Å²) in [5.41, 5.74) is 4.47. The van der Waals surface area contributed by atoms with E-state index in [0.29, 0.717) is 11.7 Å². The number of fused-ring (bicyclic) bond motifs is 1. The number of hydrogen-bond donors (Lipinski definition) is 1. The lowest BCUT2D eigenvalue weighted by molar-refractivity contribution is 0.575. The smallest absolute Gasteiger partial charge is 0.136 e. The van der Waals surface area contributed by atoms with Crippen LogP contribution < -0.4 is 10.2 Å². The van der Waals surface area contributed by atoms with Gasteiger partial charge in [0.2, 0.25) is 0 Å². The molecule has 1 N–H and O–H groups in total. The molecule has 0 amide bonds. The summed E-state index contributed by atoms with van der Waals surface area (Å²) in [4.78, 5) is 11.3. The topological polar surface area (TPSA) is 41.1 Å². The van der Waals surface area contributed by atoms with Gasteiger partial charge in [-0.1, -0.05) is 35.9 Å². The largest absolute Gasteiger partial charge is 0.371 e. The van der Waals surface area contributed by atoms with Gasteiger partial charge in [-0.15, -0.1) is 0 Å². The van der Waals surface area contributed by atoms with E-state index in [4.69, 9.17) is 11.6 Å². The third-order valence-corrected chi connectivity index (χ3v) is 5.25. The van der Waals surface area contributed by atoms with Gasteiger partial charge >= 0.3 is 0 Å². The molecule has 1 aromatic carbocycles. The molecule has 0 spiro atoms. The van der Waals surface area contributed by atoms with Crippen LogP contribution in [0.3, 0.4) is 0 Å². The Morgan fingerprint density at radius 3 is 2.65 bits per heavy atom. The van der Waals surface area contributed by atoms with Crippen LogP contribution in [0.5, 0.6) is 0 Å². The Bertz CT molecular complexity index is 876. The Morgan fingerprint density at radius 2 is 1.85 bits per heavy atom. The predicted octanol–water partition coefficient (Wildman–Crippen LogP) is 4.56. The summed E-state index contributed by atoms with van der Waals surface area (Å²) in [6.07, 6.45) is 7.45. The van der Waals surface area contributed by atoms with Crippen molar-refractivity contribution in [3.63, 3.8) is 0 Å². The molecule has 3 heterocycles. The molecule has 0 aliphatic carbocycles. The van der Waals surface area contributed by atoms with Gasteiger partial charge in [0.05, 0.1) is 11.2 Å². The van der Waals surface area contributed by atoms with E-state index >= 15 is 0 Å². The van der Waals surface area contributed by atoms with Gasteiger partial charge in [-0.25, -0.2) is 4.98 Å². The van der Waals surface area contributed by atoms with Crippen molar-refractivity contribution in [3.05, 3.63) is 65.1 Å². The van der Waals surface area contributed by atoms with Gasteiger partial charge in [0.1, 0.15) is 5.15 Å². The van der Waals surface area contributed by atoms with E-state index in [1.165, 1.54) is 30.3 Å². The van der Waals surface area contributed by atoms with Crippen molar-refractivity contribution in [1.82, 2.24) is 15.3 Å². The lowest BCUT2D eigenvalue weighted by atomic mass is 10.0. The van der Waals surface area contributed by atoms with Crippen LogP contribution in [0.4, 0.5) is 5.69 Å². The fourth-order valence-corrected chi connectivity index (χ4v) is 3.92. The molecule has 1 saturated heterocycles. The first-order chi connectivity index (χ1) is 12.8. The number of halogens is 1. The zero-order valence-electron chi connectivity index (χ0n) is 14.8. The lowest BCUT2D eigenvalue weighted by Crippen LogP contribution is -2.31. The number of pyridine rings is 2.